The molecule has 0 saturated carbocycles. The van der Waals surface area contributed by atoms with Crippen molar-refractivity contribution in [3.63, 3.8) is 0 Å². The lowest BCUT2D eigenvalue weighted by atomic mass is 10.2. The van der Waals surface area contributed by atoms with Gasteiger partial charge in [-0.15, -0.1) is 0 Å². The Balaban J connectivity index is 2.29. The number of nitrogens with zero attached hydrogens (tertiary/aromatic N) is 3. The molecule has 0 aliphatic carbocycles. The zero-order valence-electron chi connectivity index (χ0n) is 9.62. The average Bonchev–Trinajstić information content (AvgIpc) is 2.47. The molecule has 2 rings (SSSR count). The van der Waals surface area contributed by atoms with Crippen molar-refractivity contribution in [3.05, 3.63) is 47.8 Å². The molecule has 0 saturated heterocycles. The second-order valence-corrected chi connectivity index (χ2v) is 3.47. The van der Waals surface area contributed by atoms with Gasteiger partial charge in [-0.1, -0.05) is 0 Å². The number of esters is 1. The number of rotatable bonds is 2. The van der Waals surface area contributed by atoms with E-state index >= 15 is 0 Å². The summed E-state index contributed by atoms with van der Waals surface area (Å²) in [4.78, 5) is 19.5. The molecule has 0 bridgehead atoms. The molecule has 0 aliphatic rings. The highest BCUT2D eigenvalue weighted by Crippen LogP contribution is 2.14. The average molecular weight is 239 g/mol. The fraction of sp³-hybridized carbons (Fsp3) is 0.0769. The minimum Gasteiger partial charge on any atom is -0.465 e. The molecule has 0 N–H and O–H groups in total. The fourth-order valence-electron chi connectivity index (χ4n) is 1.40. The molecule has 0 aromatic carbocycles. The highest BCUT2D eigenvalue weighted by molar-refractivity contribution is 5.89. The van der Waals surface area contributed by atoms with Crippen LogP contribution in [0.2, 0.25) is 0 Å². The van der Waals surface area contributed by atoms with Crippen LogP contribution in [0.25, 0.3) is 11.4 Å². The number of methoxy groups -OCH3 is 1. The topological polar surface area (TPSA) is 75.9 Å². The number of aromatic nitrogens is 2. The van der Waals surface area contributed by atoms with Crippen molar-refractivity contribution in [3.8, 4) is 17.5 Å². The first-order chi connectivity index (χ1) is 8.74. The molecule has 0 unspecified atom stereocenters. The minimum absolute atomic E-state index is 0.384. The normalized spacial score (nSPS) is 9.56. The lowest BCUT2D eigenvalue weighted by Crippen LogP contribution is -2.01. The smallest absolute Gasteiger partial charge is 0.339 e. The molecule has 0 fully saturated rings. The Morgan fingerprint density at radius 3 is 2.28 bits per heavy atom. The third kappa shape index (κ3) is 2.33. The Kier molecular flexibility index (Phi) is 3.30. The Morgan fingerprint density at radius 2 is 1.83 bits per heavy atom. The zero-order valence-corrected chi connectivity index (χ0v) is 9.62. The van der Waals surface area contributed by atoms with Gasteiger partial charge in [0, 0.05) is 12.4 Å². The van der Waals surface area contributed by atoms with Crippen molar-refractivity contribution in [2.45, 2.75) is 0 Å². The summed E-state index contributed by atoms with van der Waals surface area (Å²) in [6.45, 7) is 0. The number of hydrogen-bond acceptors (Lipinski definition) is 5. The fourth-order valence-corrected chi connectivity index (χ4v) is 1.40. The molecule has 18 heavy (non-hydrogen) atoms. The number of pyridine rings is 2. The van der Waals surface area contributed by atoms with Gasteiger partial charge in [0.2, 0.25) is 0 Å². The van der Waals surface area contributed by atoms with E-state index in [1.165, 1.54) is 19.5 Å². The van der Waals surface area contributed by atoms with Crippen LogP contribution in [0.3, 0.4) is 0 Å². The van der Waals surface area contributed by atoms with Crippen molar-refractivity contribution in [2.24, 2.45) is 0 Å². The van der Waals surface area contributed by atoms with E-state index in [0.29, 0.717) is 22.5 Å². The van der Waals surface area contributed by atoms with Gasteiger partial charge in [0.25, 0.3) is 0 Å². The largest absolute Gasteiger partial charge is 0.465 e. The van der Waals surface area contributed by atoms with Crippen LogP contribution in [0, 0.1) is 11.3 Å². The molecular formula is C13H9N3O2. The van der Waals surface area contributed by atoms with Gasteiger partial charge >= 0.3 is 5.97 Å². The highest BCUT2D eigenvalue weighted by Gasteiger charge is 2.07. The van der Waals surface area contributed by atoms with E-state index in [9.17, 15) is 4.79 Å². The number of carbonyl (C=O) groups is 1. The van der Waals surface area contributed by atoms with Gasteiger partial charge in [-0.25, -0.2) is 4.79 Å². The molecule has 0 radical (unpaired) electrons. The second kappa shape index (κ2) is 5.06. The van der Waals surface area contributed by atoms with Crippen molar-refractivity contribution >= 4 is 5.97 Å². The maximum Gasteiger partial charge on any atom is 0.339 e. The molecule has 2 aromatic rings. The molecule has 5 heteroatoms. The van der Waals surface area contributed by atoms with Gasteiger partial charge < -0.3 is 4.74 Å². The summed E-state index contributed by atoms with van der Waals surface area (Å²) in [5.41, 5.74) is 2.15. The molecular weight excluding hydrogens is 230 g/mol. The van der Waals surface area contributed by atoms with Gasteiger partial charge in [-0.05, 0) is 24.3 Å². The third-order valence-electron chi connectivity index (χ3n) is 2.34. The van der Waals surface area contributed by atoms with Crippen LogP contribution in [-0.4, -0.2) is 23.0 Å². The standard InChI is InChI=1S/C13H9N3O2/c1-18-13(17)10-3-5-12(16-8-10)11-4-2-9(6-14)7-15-11/h2-5,7-8H,1H3. The lowest BCUT2D eigenvalue weighted by molar-refractivity contribution is 0.0600. The summed E-state index contributed by atoms with van der Waals surface area (Å²) in [6, 6.07) is 8.67. The predicted octanol–water partition coefficient (Wildman–Crippen LogP) is 1.80. The van der Waals surface area contributed by atoms with Gasteiger partial charge in [-0.3, -0.25) is 9.97 Å². The zero-order chi connectivity index (χ0) is 13.0. The van der Waals surface area contributed by atoms with E-state index in [1.54, 1.807) is 24.3 Å². The second-order valence-electron chi connectivity index (χ2n) is 3.47. The number of nitriles is 1. The van der Waals surface area contributed by atoms with E-state index in [2.05, 4.69) is 14.7 Å². The SMILES string of the molecule is COC(=O)c1ccc(-c2ccc(C#N)cn2)nc1. The molecule has 0 aliphatic heterocycles. The summed E-state index contributed by atoms with van der Waals surface area (Å²) in [5.74, 6) is -0.429. The number of ether oxygens (including phenoxy) is 1. The monoisotopic (exact) mass is 239 g/mol. The molecule has 0 amide bonds. The quantitative estimate of drug-likeness (QED) is 0.747. The Labute approximate surface area is 104 Å². The van der Waals surface area contributed by atoms with E-state index in [1.807, 2.05) is 6.07 Å². The summed E-state index contributed by atoms with van der Waals surface area (Å²) in [6.07, 6.45) is 2.91. The Morgan fingerprint density at radius 1 is 1.17 bits per heavy atom. The first-order valence-corrected chi connectivity index (χ1v) is 5.15. The van der Waals surface area contributed by atoms with Crippen molar-refractivity contribution in [2.75, 3.05) is 7.11 Å². The summed E-state index contributed by atoms with van der Waals surface area (Å²) >= 11 is 0. The van der Waals surface area contributed by atoms with E-state index in [4.69, 9.17) is 5.26 Å². The van der Waals surface area contributed by atoms with Gasteiger partial charge in [0.1, 0.15) is 6.07 Å². The van der Waals surface area contributed by atoms with Crippen molar-refractivity contribution < 1.29 is 9.53 Å². The van der Waals surface area contributed by atoms with Crippen LogP contribution >= 0.6 is 0 Å². The van der Waals surface area contributed by atoms with Crippen LogP contribution < -0.4 is 0 Å². The maximum absolute atomic E-state index is 11.2. The van der Waals surface area contributed by atoms with Crippen LogP contribution in [0.4, 0.5) is 0 Å². The van der Waals surface area contributed by atoms with E-state index in [-0.39, 0.29) is 0 Å². The first kappa shape index (κ1) is 11.7. The molecule has 0 spiro atoms. The minimum atomic E-state index is -0.429. The van der Waals surface area contributed by atoms with Crippen molar-refractivity contribution in [1.29, 1.82) is 5.26 Å². The summed E-state index contributed by atoms with van der Waals surface area (Å²) < 4.78 is 4.58. The third-order valence-corrected chi connectivity index (χ3v) is 2.34. The first-order valence-electron chi connectivity index (χ1n) is 5.15. The van der Waals surface area contributed by atoms with Crippen LogP contribution in [0.1, 0.15) is 15.9 Å². The summed E-state index contributed by atoms with van der Waals surface area (Å²) in [7, 11) is 1.32. The van der Waals surface area contributed by atoms with E-state index < -0.39 is 5.97 Å². The van der Waals surface area contributed by atoms with E-state index in [0.717, 1.165) is 0 Å². The predicted molar refractivity (Wildman–Crippen MR) is 63.5 cm³/mol. The van der Waals surface area contributed by atoms with Crippen LogP contribution in [0.15, 0.2) is 36.7 Å². The molecule has 88 valence electrons. The number of hydrogen-bond donors (Lipinski definition) is 0. The van der Waals surface area contributed by atoms with Crippen LogP contribution in [0.5, 0.6) is 0 Å². The molecule has 2 aromatic heterocycles. The summed E-state index contributed by atoms with van der Waals surface area (Å²) in [5, 5.41) is 8.67. The van der Waals surface area contributed by atoms with Crippen LogP contribution in [-0.2, 0) is 4.74 Å². The molecule has 5 nitrogen and oxygen atoms in total. The highest BCUT2D eigenvalue weighted by atomic mass is 16.5. The maximum atomic E-state index is 11.2. The van der Waals surface area contributed by atoms with Gasteiger partial charge in [-0.2, -0.15) is 5.26 Å². The van der Waals surface area contributed by atoms with Gasteiger partial charge in [0.05, 0.1) is 29.6 Å². The Hall–Kier alpha value is -2.74. The van der Waals surface area contributed by atoms with Crippen molar-refractivity contribution in [1.82, 2.24) is 9.97 Å². The number of carbonyl (C=O) groups excluding carboxylic acids is 1. The Bertz CT molecular complexity index is 598. The lowest BCUT2D eigenvalue weighted by Gasteiger charge is -2.01. The molecule has 2 heterocycles. The van der Waals surface area contributed by atoms with Gasteiger partial charge in [0.15, 0.2) is 0 Å². The molecule has 0 atom stereocenters.